The number of carbonyl (C=O) groups is 1. The van der Waals surface area contributed by atoms with E-state index in [2.05, 4.69) is 14.7 Å². The standard InChI is InChI=1S/C23H25ClN5O4/c1-26-15-25-21(17-6-4-5-7-20(17)32-2)22(26)23(30)28-12-10-27(11-13-28)19-9-8-16(14-18(19)24)29(31)33-3/h4-9,14-15H,10-13H2,1-3H3/q+1. The van der Waals surface area contributed by atoms with E-state index in [0.29, 0.717) is 58.9 Å². The molecule has 0 atom stereocenters. The van der Waals surface area contributed by atoms with Gasteiger partial charge in [0.25, 0.3) is 10.8 Å². The average molecular weight is 471 g/mol. The van der Waals surface area contributed by atoms with Gasteiger partial charge >= 0.3 is 5.69 Å². The van der Waals surface area contributed by atoms with E-state index < -0.39 is 0 Å². The van der Waals surface area contributed by atoms with Crippen LogP contribution in [-0.4, -0.2) is 65.7 Å². The summed E-state index contributed by atoms with van der Waals surface area (Å²) in [5.41, 5.74) is 3.03. The van der Waals surface area contributed by atoms with Crippen LogP contribution in [0.15, 0.2) is 48.8 Å². The minimum atomic E-state index is -0.0842. The minimum absolute atomic E-state index is 0.0842. The van der Waals surface area contributed by atoms with Crippen LogP contribution in [0.2, 0.25) is 5.02 Å². The summed E-state index contributed by atoms with van der Waals surface area (Å²) in [6, 6.07) is 12.5. The van der Waals surface area contributed by atoms with Crippen LogP contribution >= 0.6 is 11.6 Å². The predicted octanol–water partition coefficient (Wildman–Crippen LogP) is 3.68. The lowest BCUT2D eigenvalue weighted by atomic mass is 10.1. The van der Waals surface area contributed by atoms with Crippen molar-refractivity contribution < 1.29 is 19.3 Å². The van der Waals surface area contributed by atoms with Crippen LogP contribution in [0.1, 0.15) is 10.5 Å². The minimum Gasteiger partial charge on any atom is -0.496 e. The van der Waals surface area contributed by atoms with Gasteiger partial charge in [0.1, 0.15) is 17.1 Å². The number of piperazine rings is 1. The number of benzene rings is 2. The lowest BCUT2D eigenvalue weighted by molar-refractivity contribution is -0.736. The third kappa shape index (κ3) is 4.36. The first-order valence-corrected chi connectivity index (χ1v) is 10.8. The maximum Gasteiger partial charge on any atom is 0.318 e. The van der Waals surface area contributed by atoms with Crippen molar-refractivity contribution in [3.8, 4) is 17.0 Å². The summed E-state index contributed by atoms with van der Waals surface area (Å²) in [7, 11) is 4.71. The number of imidazole rings is 1. The van der Waals surface area contributed by atoms with E-state index in [1.165, 1.54) is 7.11 Å². The van der Waals surface area contributed by atoms with Crippen LogP contribution in [0.25, 0.3) is 11.3 Å². The third-order valence-corrected chi connectivity index (χ3v) is 6.02. The zero-order valence-corrected chi connectivity index (χ0v) is 19.5. The van der Waals surface area contributed by atoms with Crippen molar-refractivity contribution in [2.45, 2.75) is 0 Å². The Bertz CT molecular complexity index is 1190. The Morgan fingerprint density at radius 1 is 1.09 bits per heavy atom. The molecule has 33 heavy (non-hydrogen) atoms. The molecule has 1 aromatic heterocycles. The molecule has 0 unspecified atom stereocenters. The smallest absolute Gasteiger partial charge is 0.318 e. The molecule has 10 heteroatoms. The summed E-state index contributed by atoms with van der Waals surface area (Å²) in [6.45, 7) is 2.27. The number of rotatable bonds is 6. The van der Waals surface area contributed by atoms with Crippen molar-refractivity contribution in [2.24, 2.45) is 7.05 Å². The second-order valence-electron chi connectivity index (χ2n) is 7.61. The van der Waals surface area contributed by atoms with Crippen LogP contribution in [0, 0.1) is 4.91 Å². The van der Waals surface area contributed by atoms with E-state index in [4.69, 9.17) is 16.3 Å². The average Bonchev–Trinajstić information content (AvgIpc) is 3.24. The molecule has 0 radical (unpaired) electrons. The van der Waals surface area contributed by atoms with E-state index in [0.717, 1.165) is 11.3 Å². The fourth-order valence-corrected chi connectivity index (χ4v) is 4.29. The normalized spacial score (nSPS) is 13.7. The molecule has 0 bridgehead atoms. The zero-order chi connectivity index (χ0) is 23.5. The number of amides is 1. The van der Waals surface area contributed by atoms with Gasteiger partial charge < -0.3 is 19.1 Å². The Morgan fingerprint density at radius 3 is 2.48 bits per heavy atom. The Morgan fingerprint density at radius 2 is 1.82 bits per heavy atom. The number of nitrogens with zero attached hydrogens (tertiary/aromatic N) is 5. The largest absolute Gasteiger partial charge is 0.496 e. The fourth-order valence-electron chi connectivity index (χ4n) is 3.99. The summed E-state index contributed by atoms with van der Waals surface area (Å²) < 4.78 is 7.22. The van der Waals surface area contributed by atoms with E-state index in [1.807, 2.05) is 36.2 Å². The van der Waals surface area contributed by atoms with E-state index >= 15 is 0 Å². The highest BCUT2D eigenvalue weighted by Gasteiger charge is 2.29. The summed E-state index contributed by atoms with van der Waals surface area (Å²) >= 11 is 6.42. The molecule has 0 spiro atoms. The predicted molar refractivity (Wildman–Crippen MR) is 125 cm³/mol. The summed E-state index contributed by atoms with van der Waals surface area (Å²) in [6.07, 6.45) is 1.64. The van der Waals surface area contributed by atoms with Crippen molar-refractivity contribution in [2.75, 3.05) is 45.3 Å². The van der Waals surface area contributed by atoms with Crippen LogP contribution in [0.4, 0.5) is 11.4 Å². The first-order valence-electron chi connectivity index (χ1n) is 10.4. The summed E-state index contributed by atoms with van der Waals surface area (Å²) in [4.78, 5) is 38.6. The van der Waals surface area contributed by atoms with Crippen molar-refractivity contribution >= 4 is 28.9 Å². The first kappa shape index (κ1) is 22.6. The van der Waals surface area contributed by atoms with Crippen molar-refractivity contribution in [1.29, 1.82) is 0 Å². The molecule has 1 aliphatic rings. The van der Waals surface area contributed by atoms with Crippen molar-refractivity contribution in [1.82, 2.24) is 14.5 Å². The Balaban J connectivity index is 1.51. The third-order valence-electron chi connectivity index (χ3n) is 5.72. The summed E-state index contributed by atoms with van der Waals surface area (Å²) in [5, 5.41) is 0.454. The monoisotopic (exact) mass is 470 g/mol. The first-order chi connectivity index (χ1) is 15.9. The molecule has 2 heterocycles. The highest BCUT2D eigenvalue weighted by molar-refractivity contribution is 6.33. The molecule has 3 aromatic rings. The number of aryl methyl sites for hydroxylation is 1. The lowest BCUT2D eigenvalue weighted by Gasteiger charge is -2.36. The maximum absolute atomic E-state index is 13.5. The molecule has 1 fully saturated rings. The Kier molecular flexibility index (Phi) is 6.50. The van der Waals surface area contributed by atoms with E-state index in [-0.39, 0.29) is 5.91 Å². The van der Waals surface area contributed by atoms with Gasteiger partial charge in [-0.05, 0) is 18.2 Å². The Hall–Kier alpha value is -3.59. The second-order valence-corrected chi connectivity index (χ2v) is 8.01. The summed E-state index contributed by atoms with van der Waals surface area (Å²) in [5.74, 6) is 0.581. The van der Waals surface area contributed by atoms with Crippen LogP contribution in [-0.2, 0) is 11.9 Å². The van der Waals surface area contributed by atoms with Crippen LogP contribution < -0.4 is 9.64 Å². The lowest BCUT2D eigenvalue weighted by Crippen LogP contribution is -2.49. The van der Waals surface area contributed by atoms with Gasteiger partial charge in [-0.1, -0.05) is 23.7 Å². The number of carbonyl (C=O) groups excluding carboxylic acids is 1. The topological polar surface area (TPSA) is 79.9 Å². The van der Waals surface area contributed by atoms with Gasteiger partial charge in [-0.3, -0.25) is 4.79 Å². The van der Waals surface area contributed by atoms with Gasteiger partial charge in [-0.25, -0.2) is 9.82 Å². The molecule has 1 amide bonds. The number of hydrogen-bond donors (Lipinski definition) is 0. The molecule has 0 N–H and O–H groups in total. The molecule has 2 aromatic carbocycles. The van der Waals surface area contributed by atoms with Gasteiger partial charge in [0.15, 0.2) is 7.11 Å². The van der Waals surface area contributed by atoms with E-state index in [9.17, 15) is 9.70 Å². The molecular formula is C23H25ClN5O4+. The Labute approximate surface area is 196 Å². The fraction of sp³-hybridized carbons (Fsp3) is 0.304. The number of para-hydroxylation sites is 1. The van der Waals surface area contributed by atoms with Gasteiger partial charge in [0.05, 0.1) is 29.1 Å². The SMILES string of the molecule is COc1ccccc1-c1ncn(C)c1C(=O)N1CCN(c2ccc([N+](=O)OC)cc2Cl)CC1. The molecular weight excluding hydrogens is 446 g/mol. The highest BCUT2D eigenvalue weighted by atomic mass is 35.5. The highest BCUT2D eigenvalue weighted by Crippen LogP contribution is 2.33. The van der Waals surface area contributed by atoms with Gasteiger partial charge in [0, 0.05) is 50.9 Å². The maximum atomic E-state index is 13.5. The number of anilines is 1. The van der Waals surface area contributed by atoms with Crippen molar-refractivity contribution in [3.63, 3.8) is 0 Å². The molecule has 1 saturated heterocycles. The zero-order valence-electron chi connectivity index (χ0n) is 18.7. The number of halogens is 1. The quantitative estimate of drug-likeness (QED) is 0.511. The second kappa shape index (κ2) is 9.50. The number of ether oxygens (including phenoxy) is 1. The molecule has 0 aliphatic carbocycles. The molecule has 172 valence electrons. The van der Waals surface area contributed by atoms with E-state index in [1.54, 1.807) is 36.2 Å². The number of aromatic nitrogens is 2. The van der Waals surface area contributed by atoms with Gasteiger partial charge in [-0.2, -0.15) is 0 Å². The molecule has 1 aliphatic heterocycles. The van der Waals surface area contributed by atoms with Crippen LogP contribution in [0.3, 0.4) is 0 Å². The van der Waals surface area contributed by atoms with Crippen LogP contribution in [0.5, 0.6) is 5.75 Å². The number of methoxy groups -OCH3 is 1. The number of hydrogen-bond acceptors (Lipinski definition) is 6. The molecule has 0 saturated carbocycles. The molecule has 4 rings (SSSR count). The van der Waals surface area contributed by atoms with Crippen molar-refractivity contribution in [3.05, 3.63) is 64.4 Å². The van der Waals surface area contributed by atoms with Gasteiger partial charge in [-0.15, -0.1) is 0 Å². The molecule has 9 nitrogen and oxygen atoms in total. The van der Waals surface area contributed by atoms with Gasteiger partial charge in [0.2, 0.25) is 0 Å².